The van der Waals surface area contributed by atoms with Gasteiger partial charge >= 0.3 is 0 Å². The van der Waals surface area contributed by atoms with E-state index in [1.54, 1.807) is 24.4 Å². The Morgan fingerprint density at radius 1 is 1.11 bits per heavy atom. The van der Waals surface area contributed by atoms with Gasteiger partial charge in [-0.1, -0.05) is 18.2 Å². The van der Waals surface area contributed by atoms with Crippen LogP contribution in [-0.2, 0) is 0 Å². The average molecular weight is 236 g/mol. The maximum Gasteiger partial charge on any atom is 0.147 e. The standard InChI is InChI=1S/C15H9FN2/c16-14-5-4-12(13-6-7-18-15(13)14)11-3-1-2-10(8-11)9-17/h1-8,18H. The highest BCUT2D eigenvalue weighted by Gasteiger charge is 2.08. The number of benzene rings is 2. The van der Waals surface area contributed by atoms with Crippen LogP contribution in [0.2, 0.25) is 0 Å². The number of hydrogen-bond donors (Lipinski definition) is 1. The Bertz CT molecular complexity index is 766. The fourth-order valence-corrected chi connectivity index (χ4v) is 2.13. The molecule has 0 aliphatic rings. The summed E-state index contributed by atoms with van der Waals surface area (Å²) in [6.07, 6.45) is 1.71. The first kappa shape index (κ1) is 10.5. The Kier molecular flexibility index (Phi) is 2.35. The van der Waals surface area contributed by atoms with Gasteiger partial charge in [-0.3, -0.25) is 0 Å². The van der Waals surface area contributed by atoms with Gasteiger partial charge in [-0.05, 0) is 35.4 Å². The van der Waals surface area contributed by atoms with Crippen LogP contribution in [0, 0.1) is 17.1 Å². The van der Waals surface area contributed by atoms with E-state index in [4.69, 9.17) is 5.26 Å². The predicted molar refractivity (Wildman–Crippen MR) is 68.4 cm³/mol. The lowest BCUT2D eigenvalue weighted by Gasteiger charge is -2.04. The minimum absolute atomic E-state index is 0.268. The second-order valence-corrected chi connectivity index (χ2v) is 4.05. The van der Waals surface area contributed by atoms with Crippen LogP contribution in [0.5, 0.6) is 0 Å². The van der Waals surface area contributed by atoms with Crippen molar-refractivity contribution >= 4 is 10.9 Å². The molecule has 0 amide bonds. The smallest absolute Gasteiger partial charge is 0.147 e. The highest BCUT2D eigenvalue weighted by atomic mass is 19.1. The van der Waals surface area contributed by atoms with Crippen LogP contribution in [0.15, 0.2) is 48.7 Å². The van der Waals surface area contributed by atoms with Gasteiger partial charge < -0.3 is 4.98 Å². The molecule has 0 saturated heterocycles. The summed E-state index contributed by atoms with van der Waals surface area (Å²) in [5, 5.41) is 9.73. The van der Waals surface area contributed by atoms with Crippen LogP contribution in [0.1, 0.15) is 5.56 Å². The monoisotopic (exact) mass is 236 g/mol. The molecule has 0 aliphatic heterocycles. The molecule has 18 heavy (non-hydrogen) atoms. The summed E-state index contributed by atoms with van der Waals surface area (Å²) in [7, 11) is 0. The Morgan fingerprint density at radius 3 is 2.83 bits per heavy atom. The second kappa shape index (κ2) is 4.01. The molecule has 0 atom stereocenters. The molecule has 0 aliphatic carbocycles. The minimum atomic E-state index is -0.268. The SMILES string of the molecule is N#Cc1cccc(-c2ccc(F)c3[nH]ccc23)c1. The lowest BCUT2D eigenvalue weighted by atomic mass is 10.00. The van der Waals surface area contributed by atoms with E-state index in [0.29, 0.717) is 11.1 Å². The molecule has 1 N–H and O–H groups in total. The molecule has 0 spiro atoms. The molecule has 0 saturated carbocycles. The number of nitrogens with zero attached hydrogens (tertiary/aromatic N) is 1. The van der Waals surface area contributed by atoms with E-state index in [9.17, 15) is 4.39 Å². The highest BCUT2D eigenvalue weighted by Crippen LogP contribution is 2.30. The van der Waals surface area contributed by atoms with Crippen LogP contribution in [0.25, 0.3) is 22.0 Å². The van der Waals surface area contributed by atoms with Crippen LogP contribution in [0.3, 0.4) is 0 Å². The van der Waals surface area contributed by atoms with E-state index in [1.165, 1.54) is 6.07 Å². The molecule has 0 unspecified atom stereocenters. The molecular formula is C15H9FN2. The molecule has 1 heterocycles. The van der Waals surface area contributed by atoms with Gasteiger partial charge in [0.25, 0.3) is 0 Å². The average Bonchev–Trinajstić information content (AvgIpc) is 2.89. The number of H-pyrrole nitrogens is 1. The summed E-state index contributed by atoms with van der Waals surface area (Å²) in [6.45, 7) is 0. The number of rotatable bonds is 1. The van der Waals surface area contributed by atoms with Crippen molar-refractivity contribution < 1.29 is 4.39 Å². The van der Waals surface area contributed by atoms with Crippen LogP contribution in [-0.4, -0.2) is 4.98 Å². The van der Waals surface area contributed by atoms with Gasteiger partial charge in [-0.2, -0.15) is 5.26 Å². The first-order valence-electron chi connectivity index (χ1n) is 5.56. The molecule has 3 aromatic rings. The van der Waals surface area contributed by atoms with Crippen LogP contribution >= 0.6 is 0 Å². The second-order valence-electron chi connectivity index (χ2n) is 4.05. The van der Waals surface area contributed by atoms with E-state index < -0.39 is 0 Å². The zero-order chi connectivity index (χ0) is 12.5. The first-order valence-corrected chi connectivity index (χ1v) is 5.56. The quantitative estimate of drug-likeness (QED) is 0.685. The predicted octanol–water partition coefficient (Wildman–Crippen LogP) is 3.85. The fourth-order valence-electron chi connectivity index (χ4n) is 2.13. The Hall–Kier alpha value is -2.60. The zero-order valence-electron chi connectivity index (χ0n) is 9.44. The van der Waals surface area contributed by atoms with E-state index in [1.807, 2.05) is 18.2 Å². The van der Waals surface area contributed by atoms with Crippen molar-refractivity contribution in [2.24, 2.45) is 0 Å². The maximum atomic E-state index is 13.6. The number of aromatic nitrogens is 1. The molecule has 2 aromatic carbocycles. The molecule has 0 fully saturated rings. The van der Waals surface area contributed by atoms with Crippen LogP contribution < -0.4 is 0 Å². The molecule has 3 rings (SSSR count). The topological polar surface area (TPSA) is 39.6 Å². The number of nitriles is 1. The van der Waals surface area contributed by atoms with Gasteiger partial charge in [0.05, 0.1) is 17.1 Å². The zero-order valence-corrected chi connectivity index (χ0v) is 9.44. The van der Waals surface area contributed by atoms with Gasteiger partial charge in [0.15, 0.2) is 0 Å². The lowest BCUT2D eigenvalue weighted by molar-refractivity contribution is 0.637. The number of halogens is 1. The van der Waals surface area contributed by atoms with Gasteiger partial charge in [0.2, 0.25) is 0 Å². The third kappa shape index (κ3) is 1.56. The summed E-state index contributed by atoms with van der Waals surface area (Å²) in [4.78, 5) is 2.89. The third-order valence-corrected chi connectivity index (χ3v) is 2.98. The van der Waals surface area contributed by atoms with Crippen LogP contribution in [0.4, 0.5) is 4.39 Å². The normalized spacial score (nSPS) is 10.4. The Morgan fingerprint density at radius 2 is 2.00 bits per heavy atom. The molecule has 0 radical (unpaired) electrons. The van der Waals surface area contributed by atoms with Crippen molar-refractivity contribution in [1.29, 1.82) is 5.26 Å². The van der Waals surface area contributed by atoms with Crippen molar-refractivity contribution in [3.8, 4) is 17.2 Å². The minimum Gasteiger partial charge on any atom is -0.359 e. The van der Waals surface area contributed by atoms with Gasteiger partial charge in [-0.25, -0.2) is 4.39 Å². The first-order chi connectivity index (χ1) is 8.79. The van der Waals surface area contributed by atoms with E-state index in [0.717, 1.165) is 16.5 Å². The maximum absolute atomic E-state index is 13.6. The number of nitrogens with one attached hydrogen (secondary N) is 1. The largest absolute Gasteiger partial charge is 0.359 e. The van der Waals surface area contributed by atoms with Gasteiger partial charge in [0.1, 0.15) is 5.82 Å². The summed E-state index contributed by atoms with van der Waals surface area (Å²) < 4.78 is 13.6. The third-order valence-electron chi connectivity index (χ3n) is 2.98. The molecule has 2 nitrogen and oxygen atoms in total. The molecule has 3 heteroatoms. The summed E-state index contributed by atoms with van der Waals surface area (Å²) >= 11 is 0. The Labute approximate surface area is 103 Å². The van der Waals surface area contributed by atoms with Crippen molar-refractivity contribution in [3.05, 3.63) is 60.0 Å². The molecule has 0 bridgehead atoms. The van der Waals surface area contributed by atoms with E-state index >= 15 is 0 Å². The number of aromatic amines is 1. The van der Waals surface area contributed by atoms with Crippen molar-refractivity contribution in [2.75, 3.05) is 0 Å². The number of hydrogen-bond acceptors (Lipinski definition) is 1. The van der Waals surface area contributed by atoms with E-state index in [-0.39, 0.29) is 5.82 Å². The fraction of sp³-hybridized carbons (Fsp3) is 0. The van der Waals surface area contributed by atoms with Crippen molar-refractivity contribution in [2.45, 2.75) is 0 Å². The lowest BCUT2D eigenvalue weighted by Crippen LogP contribution is -1.84. The van der Waals surface area contributed by atoms with Gasteiger partial charge in [-0.15, -0.1) is 0 Å². The Balaban J connectivity index is 2.29. The van der Waals surface area contributed by atoms with E-state index in [2.05, 4.69) is 11.1 Å². The molecule has 1 aromatic heterocycles. The molecule has 86 valence electrons. The van der Waals surface area contributed by atoms with Crippen molar-refractivity contribution in [3.63, 3.8) is 0 Å². The summed E-state index contributed by atoms with van der Waals surface area (Å²) in [5.74, 6) is -0.268. The summed E-state index contributed by atoms with van der Waals surface area (Å²) in [6, 6.07) is 14.4. The van der Waals surface area contributed by atoms with Crippen molar-refractivity contribution in [1.82, 2.24) is 4.98 Å². The highest BCUT2D eigenvalue weighted by molar-refractivity contribution is 5.95. The number of fused-ring (bicyclic) bond motifs is 1. The summed E-state index contributed by atoms with van der Waals surface area (Å²) in [5.41, 5.74) is 2.93. The van der Waals surface area contributed by atoms with Gasteiger partial charge in [0, 0.05) is 11.6 Å². The molecular weight excluding hydrogens is 227 g/mol.